The molecule has 0 saturated carbocycles. The number of carbonyl (C=O) groups is 2. The van der Waals surface area contributed by atoms with Gasteiger partial charge in [0.2, 0.25) is 21.8 Å². The molecule has 3 rings (SSSR count). The maximum atomic E-state index is 14.2. The number of halogens is 2. The van der Waals surface area contributed by atoms with Gasteiger partial charge in [0, 0.05) is 18.5 Å². The van der Waals surface area contributed by atoms with Crippen molar-refractivity contribution in [1.29, 1.82) is 0 Å². The van der Waals surface area contributed by atoms with Gasteiger partial charge in [-0.05, 0) is 81.1 Å². The van der Waals surface area contributed by atoms with Crippen LogP contribution in [0.4, 0.5) is 5.69 Å². The van der Waals surface area contributed by atoms with Crippen LogP contribution >= 0.6 is 23.2 Å². The number of carbonyl (C=O) groups excluding carboxylic acids is 2. The third-order valence-corrected chi connectivity index (χ3v) is 8.16. The van der Waals surface area contributed by atoms with Crippen molar-refractivity contribution < 1.29 is 18.0 Å². The predicted octanol–water partition coefficient (Wildman–Crippen LogP) is 5.93. The minimum absolute atomic E-state index is 0.00916. The van der Waals surface area contributed by atoms with Crippen LogP contribution in [-0.2, 0) is 32.6 Å². The van der Waals surface area contributed by atoms with Crippen LogP contribution in [-0.4, -0.2) is 49.5 Å². The first-order chi connectivity index (χ1) is 19.0. The highest BCUT2D eigenvalue weighted by Crippen LogP contribution is 2.26. The number of anilines is 1. The summed E-state index contributed by atoms with van der Waals surface area (Å²) in [7, 11) is -3.85. The molecule has 3 aromatic carbocycles. The van der Waals surface area contributed by atoms with E-state index in [0.717, 1.165) is 27.3 Å². The fraction of sp³-hybridized carbons (Fsp3) is 0.355. The van der Waals surface area contributed by atoms with Crippen molar-refractivity contribution in [2.75, 3.05) is 17.1 Å². The number of benzene rings is 3. The largest absolute Gasteiger partial charge is 0.350 e. The zero-order chi connectivity index (χ0) is 30.5. The van der Waals surface area contributed by atoms with E-state index < -0.39 is 34.1 Å². The molecular formula is C31H37Cl2N3O4S. The van der Waals surface area contributed by atoms with Crippen LogP contribution in [0.25, 0.3) is 0 Å². The highest BCUT2D eigenvalue weighted by atomic mass is 35.5. The Balaban J connectivity index is 2.11. The molecule has 2 amide bonds. The summed E-state index contributed by atoms with van der Waals surface area (Å²) in [6.45, 7) is 8.83. The maximum Gasteiger partial charge on any atom is 0.244 e. The number of hydrogen-bond donors (Lipinski definition) is 1. The summed E-state index contributed by atoms with van der Waals surface area (Å²) < 4.78 is 27.0. The van der Waals surface area contributed by atoms with Crippen molar-refractivity contribution in [2.45, 2.75) is 59.2 Å². The minimum atomic E-state index is -3.85. The van der Waals surface area contributed by atoms with Crippen LogP contribution < -0.4 is 9.62 Å². The van der Waals surface area contributed by atoms with E-state index in [-0.39, 0.29) is 18.9 Å². The highest BCUT2D eigenvalue weighted by Gasteiger charge is 2.34. The van der Waals surface area contributed by atoms with Gasteiger partial charge in [0.15, 0.2) is 0 Å². The molecule has 220 valence electrons. The Hall–Kier alpha value is -3.07. The summed E-state index contributed by atoms with van der Waals surface area (Å²) in [4.78, 5) is 29.4. The van der Waals surface area contributed by atoms with Gasteiger partial charge in [-0.3, -0.25) is 13.9 Å². The van der Waals surface area contributed by atoms with Crippen LogP contribution in [0.1, 0.15) is 43.0 Å². The van der Waals surface area contributed by atoms with E-state index in [1.807, 2.05) is 71.0 Å². The average Bonchev–Trinajstić information content (AvgIpc) is 2.85. The van der Waals surface area contributed by atoms with E-state index in [2.05, 4.69) is 5.32 Å². The van der Waals surface area contributed by atoms with Crippen molar-refractivity contribution in [3.63, 3.8) is 0 Å². The molecule has 1 atom stereocenters. The molecule has 0 heterocycles. The van der Waals surface area contributed by atoms with Crippen molar-refractivity contribution in [3.05, 3.63) is 99.0 Å². The molecule has 0 bridgehead atoms. The van der Waals surface area contributed by atoms with Crippen LogP contribution in [0, 0.1) is 13.8 Å². The number of hydrogen-bond acceptors (Lipinski definition) is 4. The lowest BCUT2D eigenvalue weighted by molar-refractivity contribution is -0.140. The van der Waals surface area contributed by atoms with Crippen molar-refractivity contribution in [3.8, 4) is 0 Å². The molecule has 0 radical (unpaired) electrons. The van der Waals surface area contributed by atoms with Gasteiger partial charge in [0.1, 0.15) is 12.6 Å². The van der Waals surface area contributed by atoms with E-state index in [0.29, 0.717) is 21.3 Å². The number of amides is 2. The molecule has 10 heteroatoms. The summed E-state index contributed by atoms with van der Waals surface area (Å²) in [6, 6.07) is 18.8. The van der Waals surface area contributed by atoms with E-state index in [9.17, 15) is 18.0 Å². The second kappa shape index (κ2) is 13.3. The zero-order valence-corrected chi connectivity index (χ0v) is 26.6. The first-order valence-corrected chi connectivity index (χ1v) is 15.8. The van der Waals surface area contributed by atoms with Crippen LogP contribution in [0.2, 0.25) is 10.0 Å². The Labute approximate surface area is 253 Å². The Morgan fingerprint density at radius 1 is 0.878 bits per heavy atom. The van der Waals surface area contributed by atoms with Gasteiger partial charge in [-0.1, -0.05) is 65.7 Å². The monoisotopic (exact) mass is 617 g/mol. The standard InChI is InChI=1S/C31H37Cl2N3O4S/c1-21-14-22(2)16-25(15-21)36(41(6,39)40)20-29(37)35(19-24-12-13-26(32)27(33)17-24)28(30(38)34-31(3,4)5)18-23-10-8-7-9-11-23/h7-17,28H,18-20H2,1-6H3,(H,34,38)/t28-/m0/s1. The maximum absolute atomic E-state index is 14.2. The Morgan fingerprint density at radius 3 is 2.02 bits per heavy atom. The molecule has 0 aromatic heterocycles. The molecule has 0 unspecified atom stereocenters. The molecular weight excluding hydrogens is 581 g/mol. The Bertz CT molecular complexity index is 1490. The lowest BCUT2D eigenvalue weighted by Crippen LogP contribution is -2.56. The van der Waals surface area contributed by atoms with Gasteiger partial charge < -0.3 is 10.2 Å². The highest BCUT2D eigenvalue weighted by molar-refractivity contribution is 7.92. The quantitative estimate of drug-likeness (QED) is 0.305. The molecule has 0 fully saturated rings. The van der Waals surface area contributed by atoms with Gasteiger partial charge in [-0.15, -0.1) is 0 Å². The Morgan fingerprint density at radius 2 is 1.49 bits per heavy atom. The third kappa shape index (κ3) is 9.48. The zero-order valence-electron chi connectivity index (χ0n) is 24.2. The van der Waals surface area contributed by atoms with Crippen molar-refractivity contribution in [2.24, 2.45) is 0 Å². The number of nitrogens with one attached hydrogen (secondary N) is 1. The second-order valence-electron chi connectivity index (χ2n) is 11.3. The molecule has 0 spiro atoms. The van der Waals surface area contributed by atoms with Gasteiger partial charge in [-0.2, -0.15) is 0 Å². The first-order valence-electron chi connectivity index (χ1n) is 13.2. The van der Waals surface area contributed by atoms with E-state index in [4.69, 9.17) is 23.2 Å². The molecule has 0 aliphatic rings. The van der Waals surface area contributed by atoms with E-state index >= 15 is 0 Å². The van der Waals surface area contributed by atoms with Gasteiger partial charge in [-0.25, -0.2) is 8.42 Å². The summed E-state index contributed by atoms with van der Waals surface area (Å²) in [6.07, 6.45) is 1.28. The second-order valence-corrected chi connectivity index (χ2v) is 14.1. The first kappa shape index (κ1) is 32.4. The van der Waals surface area contributed by atoms with Crippen LogP contribution in [0.5, 0.6) is 0 Å². The van der Waals surface area contributed by atoms with Gasteiger partial charge in [0.05, 0.1) is 22.0 Å². The molecule has 1 N–H and O–H groups in total. The van der Waals surface area contributed by atoms with Crippen LogP contribution in [0.3, 0.4) is 0 Å². The Kier molecular flexibility index (Phi) is 10.5. The minimum Gasteiger partial charge on any atom is -0.350 e. The van der Waals surface area contributed by atoms with Gasteiger partial charge >= 0.3 is 0 Å². The van der Waals surface area contributed by atoms with E-state index in [1.165, 1.54) is 4.90 Å². The number of rotatable bonds is 10. The molecule has 3 aromatic rings. The molecule has 7 nitrogen and oxygen atoms in total. The predicted molar refractivity (Wildman–Crippen MR) is 167 cm³/mol. The van der Waals surface area contributed by atoms with Crippen molar-refractivity contribution in [1.82, 2.24) is 10.2 Å². The SMILES string of the molecule is Cc1cc(C)cc(N(CC(=O)N(Cc2ccc(Cl)c(Cl)c2)[C@@H](Cc2ccccc2)C(=O)NC(C)(C)C)S(C)(=O)=O)c1. The molecule has 41 heavy (non-hydrogen) atoms. The summed E-state index contributed by atoms with van der Waals surface area (Å²) in [5, 5.41) is 3.67. The lowest BCUT2D eigenvalue weighted by Gasteiger charge is -2.35. The molecule has 0 aliphatic carbocycles. The number of nitrogens with zero attached hydrogens (tertiary/aromatic N) is 2. The molecule has 0 saturated heterocycles. The third-order valence-electron chi connectivity index (χ3n) is 6.28. The fourth-order valence-corrected chi connectivity index (χ4v) is 5.70. The van der Waals surface area contributed by atoms with Gasteiger partial charge in [0.25, 0.3) is 0 Å². The number of aryl methyl sites for hydroxylation is 2. The summed E-state index contributed by atoms with van der Waals surface area (Å²) >= 11 is 12.4. The number of sulfonamides is 1. The average molecular weight is 619 g/mol. The smallest absolute Gasteiger partial charge is 0.244 e. The molecule has 0 aliphatic heterocycles. The topological polar surface area (TPSA) is 86.8 Å². The summed E-state index contributed by atoms with van der Waals surface area (Å²) in [5.74, 6) is -0.891. The fourth-order valence-electron chi connectivity index (χ4n) is 4.55. The van der Waals surface area contributed by atoms with E-state index in [1.54, 1.807) is 30.3 Å². The van der Waals surface area contributed by atoms with Crippen molar-refractivity contribution >= 4 is 50.7 Å². The summed E-state index contributed by atoms with van der Waals surface area (Å²) in [5.41, 5.74) is 3.03. The van der Waals surface area contributed by atoms with Crippen LogP contribution in [0.15, 0.2) is 66.7 Å². The lowest BCUT2D eigenvalue weighted by atomic mass is 10.0. The normalized spacial score (nSPS) is 12.5.